The molecule has 118 valence electrons. The highest BCUT2D eigenvalue weighted by Crippen LogP contribution is 2.17. The van der Waals surface area contributed by atoms with Gasteiger partial charge in [0.05, 0.1) is 12.7 Å². The Morgan fingerprint density at radius 3 is 2.30 bits per heavy atom. The molecule has 0 aliphatic heterocycles. The average molecular weight is 283 g/mol. The minimum absolute atomic E-state index is 0.360. The van der Waals surface area contributed by atoms with Crippen molar-refractivity contribution < 1.29 is 4.74 Å². The Bertz CT molecular complexity index is 267. The number of ether oxygens (including phenoxy) is 1. The molecule has 0 bridgehead atoms. The predicted octanol–water partition coefficient (Wildman–Crippen LogP) is 2.80. The van der Waals surface area contributed by atoms with Crippen molar-refractivity contribution in [3.63, 3.8) is 0 Å². The SMILES string of the molecule is CCC(CC)N(CCCC(C#N)(CC)NC)CCOC. The summed E-state index contributed by atoms with van der Waals surface area (Å²) in [5.41, 5.74) is -0.360. The van der Waals surface area contributed by atoms with E-state index in [0.29, 0.717) is 6.04 Å². The topological polar surface area (TPSA) is 48.3 Å². The first-order valence-electron chi connectivity index (χ1n) is 7.96. The average Bonchev–Trinajstić information content (AvgIpc) is 2.50. The van der Waals surface area contributed by atoms with Gasteiger partial charge in [-0.2, -0.15) is 5.26 Å². The second-order valence-corrected chi connectivity index (χ2v) is 5.40. The number of hydrogen-bond acceptors (Lipinski definition) is 4. The van der Waals surface area contributed by atoms with Gasteiger partial charge in [0.25, 0.3) is 0 Å². The van der Waals surface area contributed by atoms with E-state index >= 15 is 0 Å². The van der Waals surface area contributed by atoms with Crippen LogP contribution in [0, 0.1) is 11.3 Å². The Labute approximate surface area is 125 Å². The molecule has 1 unspecified atom stereocenters. The van der Waals surface area contributed by atoms with Gasteiger partial charge in [0, 0.05) is 19.7 Å². The molecule has 0 radical (unpaired) electrons. The van der Waals surface area contributed by atoms with Crippen molar-refractivity contribution in [1.82, 2.24) is 10.2 Å². The van der Waals surface area contributed by atoms with Crippen molar-refractivity contribution >= 4 is 0 Å². The number of methoxy groups -OCH3 is 1. The van der Waals surface area contributed by atoms with Crippen molar-refractivity contribution in [1.29, 1.82) is 5.26 Å². The molecule has 0 heterocycles. The molecular formula is C16H33N3O. The lowest BCUT2D eigenvalue weighted by Gasteiger charge is -2.32. The van der Waals surface area contributed by atoms with Gasteiger partial charge in [-0.1, -0.05) is 20.8 Å². The van der Waals surface area contributed by atoms with E-state index in [9.17, 15) is 5.26 Å². The van der Waals surface area contributed by atoms with E-state index in [0.717, 1.165) is 39.0 Å². The lowest BCUT2D eigenvalue weighted by Crippen LogP contribution is -2.43. The van der Waals surface area contributed by atoms with E-state index in [1.165, 1.54) is 12.8 Å². The zero-order valence-electron chi connectivity index (χ0n) is 14.0. The van der Waals surface area contributed by atoms with Crippen LogP contribution in [0.25, 0.3) is 0 Å². The quantitative estimate of drug-likeness (QED) is 0.598. The molecule has 1 atom stereocenters. The van der Waals surface area contributed by atoms with E-state index in [2.05, 4.69) is 37.1 Å². The molecule has 0 fully saturated rings. The van der Waals surface area contributed by atoms with Crippen LogP contribution in [-0.4, -0.2) is 50.3 Å². The molecule has 0 aromatic rings. The third-order valence-corrected chi connectivity index (χ3v) is 4.39. The van der Waals surface area contributed by atoms with Crippen LogP contribution in [0.4, 0.5) is 0 Å². The Morgan fingerprint density at radius 2 is 1.90 bits per heavy atom. The number of nitrogens with zero attached hydrogens (tertiary/aromatic N) is 2. The molecule has 4 heteroatoms. The van der Waals surface area contributed by atoms with Gasteiger partial charge in [-0.25, -0.2) is 0 Å². The normalized spacial score (nSPS) is 14.5. The van der Waals surface area contributed by atoms with Crippen molar-refractivity contribution in [2.24, 2.45) is 0 Å². The summed E-state index contributed by atoms with van der Waals surface area (Å²) in [6.07, 6.45) is 5.14. The Morgan fingerprint density at radius 1 is 1.25 bits per heavy atom. The van der Waals surface area contributed by atoms with Crippen molar-refractivity contribution in [3.05, 3.63) is 0 Å². The van der Waals surface area contributed by atoms with Gasteiger partial charge in [-0.15, -0.1) is 0 Å². The summed E-state index contributed by atoms with van der Waals surface area (Å²) in [6, 6.07) is 3.06. The van der Waals surface area contributed by atoms with Gasteiger partial charge in [0.1, 0.15) is 5.54 Å². The van der Waals surface area contributed by atoms with Crippen LogP contribution in [-0.2, 0) is 4.74 Å². The summed E-state index contributed by atoms with van der Waals surface area (Å²) in [7, 11) is 3.64. The summed E-state index contributed by atoms with van der Waals surface area (Å²) < 4.78 is 5.22. The fourth-order valence-electron chi connectivity index (χ4n) is 2.74. The minimum Gasteiger partial charge on any atom is -0.383 e. The Kier molecular flexibility index (Phi) is 10.7. The standard InChI is InChI=1S/C16H33N3O/c1-6-15(7-2)19(12-13-20-5)11-9-10-16(8-3,14-17)18-4/h15,18H,6-13H2,1-5H3. The van der Waals surface area contributed by atoms with Crippen LogP contribution in [0.3, 0.4) is 0 Å². The van der Waals surface area contributed by atoms with Crippen LogP contribution in [0.15, 0.2) is 0 Å². The second-order valence-electron chi connectivity index (χ2n) is 5.40. The number of nitrogens with one attached hydrogen (secondary N) is 1. The highest BCUT2D eigenvalue weighted by molar-refractivity contribution is 5.05. The third-order valence-electron chi connectivity index (χ3n) is 4.39. The molecule has 0 aliphatic rings. The number of hydrogen-bond donors (Lipinski definition) is 1. The van der Waals surface area contributed by atoms with Crippen molar-refractivity contribution in [2.75, 3.05) is 33.9 Å². The zero-order valence-corrected chi connectivity index (χ0v) is 14.0. The van der Waals surface area contributed by atoms with E-state index in [1.54, 1.807) is 7.11 Å². The molecule has 0 aromatic heterocycles. The van der Waals surface area contributed by atoms with E-state index < -0.39 is 0 Å². The van der Waals surface area contributed by atoms with Crippen LogP contribution in [0.2, 0.25) is 0 Å². The van der Waals surface area contributed by atoms with E-state index in [-0.39, 0.29) is 5.54 Å². The second kappa shape index (κ2) is 11.1. The maximum atomic E-state index is 9.34. The Balaban J connectivity index is 4.42. The van der Waals surface area contributed by atoms with E-state index in [4.69, 9.17) is 4.74 Å². The summed E-state index contributed by atoms with van der Waals surface area (Å²) in [4.78, 5) is 2.51. The summed E-state index contributed by atoms with van der Waals surface area (Å²) in [6.45, 7) is 9.36. The molecule has 0 rings (SSSR count). The van der Waals surface area contributed by atoms with Crippen LogP contribution >= 0.6 is 0 Å². The lowest BCUT2D eigenvalue weighted by atomic mass is 9.92. The summed E-state index contributed by atoms with van der Waals surface area (Å²) >= 11 is 0. The molecule has 0 amide bonds. The van der Waals surface area contributed by atoms with Gasteiger partial charge >= 0.3 is 0 Å². The predicted molar refractivity (Wildman–Crippen MR) is 84.7 cm³/mol. The monoisotopic (exact) mass is 283 g/mol. The number of nitriles is 1. The fourth-order valence-corrected chi connectivity index (χ4v) is 2.74. The van der Waals surface area contributed by atoms with Gasteiger partial charge in [0.2, 0.25) is 0 Å². The molecule has 0 spiro atoms. The van der Waals surface area contributed by atoms with Crippen molar-refractivity contribution in [2.45, 2.75) is 64.5 Å². The highest BCUT2D eigenvalue weighted by atomic mass is 16.5. The third kappa shape index (κ3) is 6.21. The van der Waals surface area contributed by atoms with Gasteiger partial charge < -0.3 is 10.1 Å². The molecule has 0 aromatic carbocycles. The molecule has 1 N–H and O–H groups in total. The molecule has 4 nitrogen and oxygen atoms in total. The molecule has 20 heavy (non-hydrogen) atoms. The lowest BCUT2D eigenvalue weighted by molar-refractivity contribution is 0.112. The first kappa shape index (κ1) is 19.4. The molecule has 0 aliphatic carbocycles. The summed E-state index contributed by atoms with van der Waals surface area (Å²) in [5, 5.41) is 12.5. The molecular weight excluding hydrogens is 250 g/mol. The largest absolute Gasteiger partial charge is 0.383 e. The molecule has 0 saturated carbocycles. The van der Waals surface area contributed by atoms with Crippen LogP contribution in [0.1, 0.15) is 52.9 Å². The maximum absolute atomic E-state index is 9.34. The van der Waals surface area contributed by atoms with Gasteiger partial charge in [-0.05, 0) is 45.7 Å². The van der Waals surface area contributed by atoms with E-state index in [1.807, 2.05) is 7.05 Å². The van der Waals surface area contributed by atoms with Crippen LogP contribution in [0.5, 0.6) is 0 Å². The van der Waals surface area contributed by atoms with Gasteiger partial charge in [0.15, 0.2) is 0 Å². The number of rotatable bonds is 12. The zero-order chi connectivity index (χ0) is 15.4. The molecule has 0 saturated heterocycles. The maximum Gasteiger partial charge on any atom is 0.106 e. The first-order chi connectivity index (χ1) is 9.62. The Hall–Kier alpha value is -0.630. The van der Waals surface area contributed by atoms with Gasteiger partial charge in [-0.3, -0.25) is 4.90 Å². The van der Waals surface area contributed by atoms with Crippen molar-refractivity contribution in [3.8, 4) is 6.07 Å². The summed E-state index contributed by atoms with van der Waals surface area (Å²) in [5.74, 6) is 0. The first-order valence-corrected chi connectivity index (χ1v) is 7.96. The van der Waals surface area contributed by atoms with Crippen LogP contribution < -0.4 is 5.32 Å². The highest BCUT2D eigenvalue weighted by Gasteiger charge is 2.25. The minimum atomic E-state index is -0.360. The smallest absolute Gasteiger partial charge is 0.106 e. The fraction of sp³-hybridized carbons (Fsp3) is 0.938.